The minimum atomic E-state index is -0.961. The molecule has 0 saturated carbocycles. The number of aromatic nitrogens is 3. The number of halogens is 2. The molecule has 10 heteroatoms. The van der Waals surface area contributed by atoms with E-state index in [2.05, 4.69) is 9.47 Å². The first kappa shape index (κ1) is 24.8. The molecule has 4 aromatic rings. The molecule has 0 amide bonds. The normalized spacial score (nSPS) is 17.3. The van der Waals surface area contributed by atoms with Crippen LogP contribution in [0.3, 0.4) is 0 Å². The minimum absolute atomic E-state index is 0.0596. The van der Waals surface area contributed by atoms with Gasteiger partial charge in [-0.2, -0.15) is 0 Å². The Bertz CT molecular complexity index is 1520. The molecule has 38 heavy (non-hydrogen) atoms. The first-order valence-corrected chi connectivity index (χ1v) is 12.9. The van der Waals surface area contributed by atoms with Crippen molar-refractivity contribution in [3.05, 3.63) is 87.6 Å². The molecular formula is C28H26ClFN4O4. The number of fused-ring (bicyclic) bond motifs is 2. The molecule has 0 unspecified atom stereocenters. The topological polar surface area (TPSA) is 89.7 Å². The Hall–Kier alpha value is -3.53. The molecule has 6 rings (SSSR count). The van der Waals surface area contributed by atoms with Gasteiger partial charge < -0.3 is 19.1 Å². The van der Waals surface area contributed by atoms with E-state index in [-0.39, 0.29) is 18.3 Å². The van der Waals surface area contributed by atoms with Crippen LogP contribution >= 0.6 is 11.6 Å². The number of benzene rings is 2. The second-order valence-electron chi connectivity index (χ2n) is 9.67. The summed E-state index contributed by atoms with van der Waals surface area (Å²) in [6.07, 6.45) is 1.92. The van der Waals surface area contributed by atoms with E-state index in [0.717, 1.165) is 54.1 Å². The number of nitrogens with zero attached hydrogens (tertiary/aromatic N) is 4. The van der Waals surface area contributed by atoms with E-state index >= 15 is 0 Å². The van der Waals surface area contributed by atoms with Crippen LogP contribution in [0.2, 0.25) is 5.02 Å². The van der Waals surface area contributed by atoms with Gasteiger partial charge in [-0.1, -0.05) is 23.7 Å². The van der Waals surface area contributed by atoms with Crippen molar-refractivity contribution in [2.24, 2.45) is 0 Å². The van der Waals surface area contributed by atoms with Crippen molar-refractivity contribution >= 4 is 28.6 Å². The van der Waals surface area contributed by atoms with Gasteiger partial charge in [0, 0.05) is 36.3 Å². The summed E-state index contributed by atoms with van der Waals surface area (Å²) in [5, 5.41) is 9.82. The maximum atomic E-state index is 14.1. The number of rotatable bonds is 8. The van der Waals surface area contributed by atoms with Crippen molar-refractivity contribution in [3.8, 4) is 5.88 Å². The van der Waals surface area contributed by atoms with Gasteiger partial charge in [-0.3, -0.25) is 4.90 Å². The van der Waals surface area contributed by atoms with Crippen LogP contribution in [0.15, 0.2) is 48.5 Å². The van der Waals surface area contributed by atoms with Crippen LogP contribution in [0.1, 0.15) is 39.4 Å². The quantitative estimate of drug-likeness (QED) is 0.344. The van der Waals surface area contributed by atoms with Gasteiger partial charge in [0.05, 0.1) is 41.5 Å². The zero-order chi connectivity index (χ0) is 26.2. The summed E-state index contributed by atoms with van der Waals surface area (Å²) in [6, 6.07) is 13.4. The van der Waals surface area contributed by atoms with Gasteiger partial charge >= 0.3 is 5.97 Å². The van der Waals surface area contributed by atoms with E-state index in [1.165, 1.54) is 6.07 Å². The highest BCUT2D eigenvalue weighted by atomic mass is 35.5. The van der Waals surface area contributed by atoms with Gasteiger partial charge in [-0.05, 0) is 48.7 Å². The first-order valence-electron chi connectivity index (χ1n) is 12.5. The average Bonchev–Trinajstić information content (AvgIpc) is 3.21. The number of ether oxygens (including phenoxy) is 2. The first-order chi connectivity index (χ1) is 18.4. The van der Waals surface area contributed by atoms with Crippen LogP contribution in [0.4, 0.5) is 4.39 Å². The second-order valence-corrected chi connectivity index (χ2v) is 10.1. The van der Waals surface area contributed by atoms with E-state index in [1.54, 1.807) is 30.3 Å². The molecule has 0 aliphatic carbocycles. The van der Waals surface area contributed by atoms with Gasteiger partial charge in [-0.25, -0.2) is 19.2 Å². The Morgan fingerprint density at radius 1 is 1.18 bits per heavy atom. The fourth-order valence-corrected chi connectivity index (χ4v) is 5.07. The summed E-state index contributed by atoms with van der Waals surface area (Å²) in [7, 11) is 0. The molecule has 4 heterocycles. The average molecular weight is 537 g/mol. The molecule has 0 spiro atoms. The van der Waals surface area contributed by atoms with Crippen molar-refractivity contribution in [3.63, 3.8) is 0 Å². The highest BCUT2D eigenvalue weighted by Crippen LogP contribution is 2.26. The van der Waals surface area contributed by atoms with Crippen molar-refractivity contribution in [1.29, 1.82) is 0 Å². The summed E-state index contributed by atoms with van der Waals surface area (Å²) >= 11 is 5.84. The molecule has 2 aromatic heterocycles. The third kappa shape index (κ3) is 5.09. The lowest BCUT2D eigenvalue weighted by molar-refractivity contribution is -0.0592. The van der Waals surface area contributed by atoms with Crippen molar-refractivity contribution in [2.75, 3.05) is 13.2 Å². The van der Waals surface area contributed by atoms with Crippen LogP contribution in [0, 0.1) is 5.82 Å². The number of carboxylic acid groups (broad SMARTS) is 1. The largest absolute Gasteiger partial charge is 0.478 e. The van der Waals surface area contributed by atoms with Crippen LogP contribution in [0.25, 0.3) is 11.0 Å². The van der Waals surface area contributed by atoms with Crippen LogP contribution in [0.5, 0.6) is 5.88 Å². The SMILES string of the molecule is O=C(O)c1ccc2nc(CN3CCc4ccc(OCc5ccc(Cl)cc5F)nc4C3)n(C[C@@H]3CCO3)c2c1. The van der Waals surface area contributed by atoms with Crippen LogP contribution < -0.4 is 4.74 Å². The maximum Gasteiger partial charge on any atom is 0.335 e. The number of aromatic carboxylic acids is 1. The Labute approximate surface area is 223 Å². The number of carboxylic acids is 1. The highest BCUT2D eigenvalue weighted by Gasteiger charge is 2.25. The van der Waals surface area contributed by atoms with E-state index < -0.39 is 11.8 Å². The van der Waals surface area contributed by atoms with Crippen LogP contribution in [-0.4, -0.2) is 49.8 Å². The standard InChI is InChI=1S/C28H26ClFN4O4/c29-20-4-1-19(22(30)12-20)16-38-27-6-3-17-7-9-33(14-24(17)32-27)15-26-31-23-5-2-18(28(35)36)11-25(23)34(26)13-21-8-10-37-21/h1-6,11-12,21H,7-10,13-16H2,(H,35,36)/t21-/m0/s1. The molecule has 0 bridgehead atoms. The maximum absolute atomic E-state index is 14.1. The molecule has 2 aliphatic heterocycles. The third-order valence-electron chi connectivity index (χ3n) is 7.12. The van der Waals surface area contributed by atoms with Gasteiger partial charge in [0.15, 0.2) is 0 Å². The monoisotopic (exact) mass is 536 g/mol. The van der Waals surface area contributed by atoms with E-state index in [1.807, 2.05) is 12.1 Å². The number of pyridine rings is 1. The molecule has 8 nitrogen and oxygen atoms in total. The lowest BCUT2D eigenvalue weighted by Gasteiger charge is -2.30. The highest BCUT2D eigenvalue weighted by molar-refractivity contribution is 6.30. The van der Waals surface area contributed by atoms with Gasteiger partial charge in [0.1, 0.15) is 18.2 Å². The van der Waals surface area contributed by atoms with Crippen molar-refractivity contribution in [1.82, 2.24) is 19.4 Å². The fourth-order valence-electron chi connectivity index (χ4n) is 4.91. The molecule has 0 radical (unpaired) electrons. The number of carbonyl (C=O) groups is 1. The summed E-state index contributed by atoms with van der Waals surface area (Å²) in [5.41, 5.74) is 4.30. The number of hydrogen-bond acceptors (Lipinski definition) is 6. The molecule has 1 N–H and O–H groups in total. The molecule has 196 valence electrons. The zero-order valence-corrected chi connectivity index (χ0v) is 21.3. The van der Waals surface area contributed by atoms with Gasteiger partial charge in [0.25, 0.3) is 0 Å². The molecule has 1 atom stereocenters. The predicted molar refractivity (Wildman–Crippen MR) is 139 cm³/mol. The molecule has 1 saturated heterocycles. The summed E-state index contributed by atoms with van der Waals surface area (Å²) < 4.78 is 27.7. The smallest absolute Gasteiger partial charge is 0.335 e. The molecule has 1 fully saturated rings. The Morgan fingerprint density at radius 3 is 2.82 bits per heavy atom. The third-order valence-corrected chi connectivity index (χ3v) is 7.36. The number of imidazole rings is 1. The molecule has 2 aromatic carbocycles. The molecular weight excluding hydrogens is 511 g/mol. The van der Waals surface area contributed by atoms with Crippen molar-refractivity contribution < 1.29 is 23.8 Å². The number of hydrogen-bond donors (Lipinski definition) is 1. The van der Waals surface area contributed by atoms with E-state index in [9.17, 15) is 14.3 Å². The predicted octanol–water partition coefficient (Wildman–Crippen LogP) is 4.85. The Balaban J connectivity index is 1.20. The zero-order valence-electron chi connectivity index (χ0n) is 20.6. The second kappa shape index (κ2) is 10.3. The van der Waals surface area contributed by atoms with Crippen molar-refractivity contribution in [2.45, 2.75) is 45.2 Å². The van der Waals surface area contributed by atoms with E-state index in [4.69, 9.17) is 31.0 Å². The van der Waals surface area contributed by atoms with Gasteiger partial charge in [0.2, 0.25) is 5.88 Å². The Kier molecular flexibility index (Phi) is 6.73. The van der Waals surface area contributed by atoms with Gasteiger partial charge in [-0.15, -0.1) is 0 Å². The molecule has 2 aliphatic rings. The van der Waals surface area contributed by atoms with E-state index in [0.29, 0.717) is 36.1 Å². The minimum Gasteiger partial charge on any atom is -0.478 e. The lowest BCUT2D eigenvalue weighted by Crippen LogP contribution is -2.34. The summed E-state index contributed by atoms with van der Waals surface area (Å²) in [4.78, 5) is 23.4. The summed E-state index contributed by atoms with van der Waals surface area (Å²) in [6.45, 7) is 3.49. The Morgan fingerprint density at radius 2 is 2.05 bits per heavy atom. The summed E-state index contributed by atoms with van der Waals surface area (Å²) in [5.74, 6) is -0.0634. The fraction of sp³-hybridized carbons (Fsp3) is 0.321. The lowest BCUT2D eigenvalue weighted by atomic mass is 10.1. The van der Waals surface area contributed by atoms with Crippen LogP contribution in [-0.2, 0) is 37.4 Å².